The second kappa shape index (κ2) is 19.8. The van der Waals surface area contributed by atoms with Crippen LogP contribution < -0.4 is 0 Å². The predicted molar refractivity (Wildman–Crippen MR) is 161 cm³/mol. The van der Waals surface area contributed by atoms with E-state index in [0.717, 1.165) is 44.3 Å². The number of rotatable bonds is 9. The number of aliphatic hydroxyl groups excluding tert-OH is 1. The number of aliphatic hydroxyl groups is 1. The summed E-state index contributed by atoms with van der Waals surface area (Å²) in [7, 11) is 2.79. The van der Waals surface area contributed by atoms with Crippen molar-refractivity contribution in [3.8, 4) is 0 Å². The molecule has 0 aliphatic heterocycles. The van der Waals surface area contributed by atoms with E-state index in [2.05, 4.69) is 6.92 Å². The van der Waals surface area contributed by atoms with Gasteiger partial charge in [-0.3, -0.25) is 9.59 Å². The molecule has 9 heteroatoms. The first-order valence-electron chi connectivity index (χ1n) is 15.9. The molecule has 42 heavy (non-hydrogen) atoms. The van der Waals surface area contributed by atoms with Crippen LogP contribution in [0.2, 0.25) is 0 Å². The number of aliphatic carboxylic acids is 2. The molecule has 0 bridgehead atoms. The lowest BCUT2D eigenvalue weighted by atomic mass is 9.49. The summed E-state index contributed by atoms with van der Waals surface area (Å²) in [5.74, 6) is 1.32. The van der Waals surface area contributed by atoms with Gasteiger partial charge in [0.05, 0.1) is 5.92 Å². The van der Waals surface area contributed by atoms with Crippen LogP contribution in [0.3, 0.4) is 0 Å². The van der Waals surface area contributed by atoms with Crippen molar-refractivity contribution in [1.82, 2.24) is 0 Å². The molecule has 250 valence electrons. The van der Waals surface area contributed by atoms with Gasteiger partial charge in [-0.25, -0.2) is 0 Å². The Hall–Kier alpha value is -1.35. The molecule has 6 nitrogen and oxygen atoms in total. The number of carboxylic acids is 2. The van der Waals surface area contributed by atoms with Gasteiger partial charge < -0.3 is 20.1 Å². The summed E-state index contributed by atoms with van der Waals surface area (Å²) >= 11 is 0. The second-order valence-electron chi connectivity index (χ2n) is 12.4. The maximum absolute atomic E-state index is 13.2. The molecule has 0 aromatic carbocycles. The van der Waals surface area contributed by atoms with Crippen LogP contribution in [0.1, 0.15) is 125 Å². The third-order valence-corrected chi connectivity index (χ3v) is 10.5. The van der Waals surface area contributed by atoms with Crippen molar-refractivity contribution in [1.29, 1.82) is 0 Å². The van der Waals surface area contributed by atoms with Crippen LogP contribution in [0.15, 0.2) is 0 Å². The van der Waals surface area contributed by atoms with E-state index < -0.39 is 24.0 Å². The summed E-state index contributed by atoms with van der Waals surface area (Å²) < 4.78 is 44.9. The normalized spacial score (nSPS) is 32.8. The fourth-order valence-electron chi connectivity index (χ4n) is 8.76. The zero-order valence-corrected chi connectivity index (χ0v) is 26.1. The number of carbonyl (C=O) groups is 2. The minimum atomic E-state index is -3.98. The molecule has 3 N–H and O–H groups in total. The molecule has 0 aromatic rings. The number of methoxy groups -OCH3 is 1. The Labute approximate surface area is 253 Å². The van der Waals surface area contributed by atoms with Gasteiger partial charge in [-0.15, -0.1) is 0 Å². The monoisotopic (exact) mass is 610 g/mol. The fourth-order valence-corrected chi connectivity index (χ4v) is 8.76. The van der Waals surface area contributed by atoms with E-state index in [4.69, 9.17) is 20.1 Å². The van der Waals surface area contributed by atoms with Crippen LogP contribution in [-0.4, -0.2) is 54.3 Å². The van der Waals surface area contributed by atoms with Crippen molar-refractivity contribution in [3.05, 3.63) is 0 Å². The van der Waals surface area contributed by atoms with Gasteiger partial charge in [0.1, 0.15) is 0 Å². The Morgan fingerprint density at radius 1 is 0.833 bits per heavy atom. The predicted octanol–water partition coefficient (Wildman–Crippen LogP) is 8.85. The van der Waals surface area contributed by atoms with Crippen molar-refractivity contribution in [3.63, 3.8) is 0 Å². The molecule has 0 radical (unpaired) electrons. The van der Waals surface area contributed by atoms with Crippen molar-refractivity contribution < 1.29 is 42.8 Å². The number of carboxylic acid groups (broad SMARTS) is 2. The number of halogens is 3. The SMILES string of the molecule is C.CC.CO.COCCCC1CCC2C3CCC4CC(C(F)(F)F)CCC4C3CCC12C.O=C(O)CCCCC(=O)O. The second-order valence-corrected chi connectivity index (χ2v) is 12.4. The maximum Gasteiger partial charge on any atom is 0.391 e. The average molecular weight is 611 g/mol. The molecule has 4 saturated carbocycles. The average Bonchev–Trinajstić information content (AvgIpc) is 3.29. The summed E-state index contributed by atoms with van der Waals surface area (Å²) in [6, 6.07) is 0. The third kappa shape index (κ3) is 11.3. The van der Waals surface area contributed by atoms with E-state index in [-0.39, 0.29) is 20.3 Å². The summed E-state index contributed by atoms with van der Waals surface area (Å²) in [5, 5.41) is 23.3. The molecule has 0 saturated heterocycles. The molecular formula is C33H61F3O6. The molecule has 8 unspecified atom stereocenters. The van der Waals surface area contributed by atoms with Gasteiger partial charge in [-0.1, -0.05) is 28.2 Å². The molecule has 0 amide bonds. The molecule has 4 rings (SSSR count). The Kier molecular flexibility index (Phi) is 19.2. The van der Waals surface area contributed by atoms with Crippen molar-refractivity contribution in [2.75, 3.05) is 20.8 Å². The summed E-state index contributed by atoms with van der Waals surface area (Å²) in [5.41, 5.74) is 0.477. The van der Waals surface area contributed by atoms with Gasteiger partial charge in [-0.2, -0.15) is 13.2 Å². The van der Waals surface area contributed by atoms with E-state index >= 15 is 0 Å². The number of fused-ring (bicyclic) bond motifs is 5. The van der Waals surface area contributed by atoms with Crippen LogP contribution in [0.5, 0.6) is 0 Å². The molecular weight excluding hydrogens is 549 g/mol. The highest BCUT2D eigenvalue weighted by atomic mass is 19.4. The Bertz CT molecular complexity index is 745. The summed E-state index contributed by atoms with van der Waals surface area (Å²) in [6.07, 6.45) is 8.68. The quantitative estimate of drug-likeness (QED) is 0.225. The maximum atomic E-state index is 13.2. The van der Waals surface area contributed by atoms with Gasteiger partial charge in [0.25, 0.3) is 0 Å². The first kappa shape index (κ1) is 40.6. The Morgan fingerprint density at radius 3 is 1.93 bits per heavy atom. The first-order chi connectivity index (χ1) is 19.5. The van der Waals surface area contributed by atoms with Crippen molar-refractivity contribution >= 4 is 11.9 Å². The Balaban J connectivity index is 0.000000956. The minimum absolute atomic E-state index is 0. The zero-order chi connectivity index (χ0) is 31.2. The van der Waals surface area contributed by atoms with Crippen LogP contribution in [0, 0.1) is 46.8 Å². The highest BCUT2D eigenvalue weighted by molar-refractivity contribution is 5.67. The summed E-state index contributed by atoms with van der Waals surface area (Å²) in [4.78, 5) is 19.8. The summed E-state index contributed by atoms with van der Waals surface area (Å²) in [6.45, 7) is 7.42. The van der Waals surface area contributed by atoms with Crippen LogP contribution in [0.25, 0.3) is 0 Å². The van der Waals surface area contributed by atoms with Crippen molar-refractivity contribution in [2.24, 2.45) is 46.8 Å². The molecule has 8 atom stereocenters. The number of unbranched alkanes of at least 4 members (excludes halogenated alkanes) is 1. The highest BCUT2D eigenvalue weighted by Gasteiger charge is 2.57. The highest BCUT2D eigenvalue weighted by Crippen LogP contribution is 2.65. The van der Waals surface area contributed by atoms with Crippen LogP contribution >= 0.6 is 0 Å². The van der Waals surface area contributed by atoms with E-state index in [1.165, 1.54) is 44.9 Å². The van der Waals surface area contributed by atoms with Gasteiger partial charge in [-0.05, 0) is 124 Å². The molecule has 4 aliphatic carbocycles. The zero-order valence-electron chi connectivity index (χ0n) is 26.1. The number of ether oxygens (including phenoxy) is 1. The van der Waals surface area contributed by atoms with E-state index in [9.17, 15) is 22.8 Å². The third-order valence-electron chi connectivity index (χ3n) is 10.5. The van der Waals surface area contributed by atoms with E-state index in [1.807, 2.05) is 13.8 Å². The molecule has 0 spiro atoms. The lowest BCUT2D eigenvalue weighted by molar-refractivity contribution is -0.196. The number of hydrogen-bond donors (Lipinski definition) is 3. The topological polar surface area (TPSA) is 104 Å². The lowest BCUT2D eigenvalue weighted by Gasteiger charge is -2.56. The molecule has 4 aliphatic rings. The van der Waals surface area contributed by atoms with Gasteiger partial charge in [0.2, 0.25) is 0 Å². The standard InChI is InChI=1S/C23H37F3O.C6H10O4.C2H6.CH4O.CH4/c1-22-12-11-19-18-9-6-17(23(24,25)26)14-15(18)5-8-20(19)21(22)10-7-16(22)4-3-13-27-2;7-5(8)3-1-2-4-6(9)10;2*1-2;/h15-21H,3-14H2,1-2H3;1-4H2,(H,7,8)(H,9,10);1-2H3;2H,1H3;1H4. The van der Waals surface area contributed by atoms with Crippen molar-refractivity contribution in [2.45, 2.75) is 131 Å². The smallest absolute Gasteiger partial charge is 0.391 e. The minimum Gasteiger partial charge on any atom is -0.481 e. The molecule has 0 aromatic heterocycles. The van der Waals surface area contributed by atoms with Gasteiger partial charge in [0.15, 0.2) is 0 Å². The van der Waals surface area contributed by atoms with Gasteiger partial charge >= 0.3 is 18.1 Å². The molecule has 0 heterocycles. The van der Waals surface area contributed by atoms with E-state index in [1.54, 1.807) is 7.11 Å². The molecule has 4 fully saturated rings. The first-order valence-corrected chi connectivity index (χ1v) is 15.9. The largest absolute Gasteiger partial charge is 0.481 e. The lowest BCUT2D eigenvalue weighted by Crippen LogP contribution is -2.49. The van der Waals surface area contributed by atoms with Gasteiger partial charge in [0, 0.05) is 33.7 Å². The van der Waals surface area contributed by atoms with Crippen LogP contribution in [-0.2, 0) is 14.3 Å². The fraction of sp³-hybridized carbons (Fsp3) is 0.939. The van der Waals surface area contributed by atoms with E-state index in [0.29, 0.717) is 48.9 Å². The number of alkyl halides is 3. The number of hydrogen-bond acceptors (Lipinski definition) is 4. The Morgan fingerprint density at radius 2 is 1.40 bits per heavy atom. The van der Waals surface area contributed by atoms with Crippen LogP contribution in [0.4, 0.5) is 13.2 Å².